The Hall–Kier alpha value is 0.140. The Morgan fingerprint density at radius 1 is 1.69 bits per heavy atom. The van der Waals surface area contributed by atoms with Gasteiger partial charge in [0.05, 0.1) is 3.79 Å². The Morgan fingerprint density at radius 2 is 2.46 bits per heavy atom. The number of hydrogen-bond acceptors (Lipinski definition) is 2. The predicted octanol–water partition coefficient (Wildman–Crippen LogP) is 3.52. The lowest BCUT2D eigenvalue weighted by Gasteiger charge is -2.06. The average molecular weight is 261 g/mol. The minimum Gasteiger partial charge on any atom is -0.384 e. The number of aliphatic hydroxyl groups is 1. The zero-order valence-electron chi connectivity index (χ0n) is 7.59. The van der Waals surface area contributed by atoms with Gasteiger partial charge in [0, 0.05) is 4.88 Å². The van der Waals surface area contributed by atoms with Gasteiger partial charge in [-0.05, 0) is 46.8 Å². The molecule has 0 aromatic carbocycles. The van der Waals surface area contributed by atoms with E-state index in [1.807, 2.05) is 12.1 Å². The standard InChI is InChI=1S/C10H13BrOS/c1-2-3-7-6-10(7,12)8-4-5-9(11)13-8/h4-5,7,12H,2-3,6H2,1H3. The van der Waals surface area contributed by atoms with Gasteiger partial charge in [0.1, 0.15) is 5.60 Å². The van der Waals surface area contributed by atoms with Gasteiger partial charge in [0.15, 0.2) is 0 Å². The van der Waals surface area contributed by atoms with Crippen LogP contribution < -0.4 is 0 Å². The summed E-state index contributed by atoms with van der Waals surface area (Å²) in [5.41, 5.74) is -0.479. The monoisotopic (exact) mass is 260 g/mol. The van der Waals surface area contributed by atoms with Crippen LogP contribution in [0.25, 0.3) is 0 Å². The molecule has 1 fully saturated rings. The Balaban J connectivity index is 2.11. The minimum absolute atomic E-state index is 0.479. The van der Waals surface area contributed by atoms with E-state index in [9.17, 15) is 5.11 Å². The van der Waals surface area contributed by atoms with Gasteiger partial charge in [-0.1, -0.05) is 13.3 Å². The summed E-state index contributed by atoms with van der Waals surface area (Å²) in [4.78, 5) is 1.12. The van der Waals surface area contributed by atoms with Crippen molar-refractivity contribution in [3.05, 3.63) is 20.8 Å². The molecule has 1 aromatic heterocycles. The van der Waals surface area contributed by atoms with Gasteiger partial charge in [-0.25, -0.2) is 0 Å². The van der Waals surface area contributed by atoms with Crippen molar-refractivity contribution in [3.63, 3.8) is 0 Å². The molecule has 1 heterocycles. The van der Waals surface area contributed by atoms with Crippen LogP contribution in [0.2, 0.25) is 0 Å². The fraction of sp³-hybridized carbons (Fsp3) is 0.600. The Labute approximate surface area is 90.9 Å². The van der Waals surface area contributed by atoms with Crippen molar-refractivity contribution in [2.45, 2.75) is 31.8 Å². The highest BCUT2D eigenvalue weighted by atomic mass is 79.9. The van der Waals surface area contributed by atoms with Crippen LogP contribution in [-0.4, -0.2) is 5.11 Å². The Morgan fingerprint density at radius 3 is 3.00 bits per heavy atom. The molecule has 1 nitrogen and oxygen atoms in total. The van der Waals surface area contributed by atoms with E-state index in [1.165, 1.54) is 6.42 Å². The fourth-order valence-electron chi connectivity index (χ4n) is 1.85. The topological polar surface area (TPSA) is 20.2 Å². The van der Waals surface area contributed by atoms with Crippen molar-refractivity contribution in [2.75, 3.05) is 0 Å². The molecule has 1 aromatic rings. The molecule has 2 rings (SSSR count). The summed E-state index contributed by atoms with van der Waals surface area (Å²) < 4.78 is 1.11. The maximum atomic E-state index is 10.2. The molecule has 13 heavy (non-hydrogen) atoms. The van der Waals surface area contributed by atoms with Crippen molar-refractivity contribution >= 4 is 27.3 Å². The summed E-state index contributed by atoms with van der Waals surface area (Å²) in [5, 5.41) is 10.2. The molecular weight excluding hydrogens is 248 g/mol. The molecule has 3 heteroatoms. The number of halogens is 1. The van der Waals surface area contributed by atoms with Gasteiger partial charge in [-0.15, -0.1) is 11.3 Å². The van der Waals surface area contributed by atoms with E-state index in [4.69, 9.17) is 0 Å². The normalized spacial score (nSPS) is 32.1. The molecule has 0 saturated heterocycles. The van der Waals surface area contributed by atoms with Crippen molar-refractivity contribution < 1.29 is 5.11 Å². The van der Waals surface area contributed by atoms with E-state index in [0.717, 1.165) is 21.5 Å². The second kappa shape index (κ2) is 3.37. The lowest BCUT2D eigenvalue weighted by Crippen LogP contribution is -2.05. The van der Waals surface area contributed by atoms with Crippen LogP contribution in [0.1, 0.15) is 31.1 Å². The fourth-order valence-corrected chi connectivity index (χ4v) is 3.42. The third-order valence-corrected chi connectivity index (χ3v) is 4.50. The molecule has 1 saturated carbocycles. The summed E-state index contributed by atoms with van der Waals surface area (Å²) in [5.74, 6) is 0.503. The molecule has 0 radical (unpaired) electrons. The lowest BCUT2D eigenvalue weighted by molar-refractivity contribution is 0.133. The second-order valence-corrected chi connectivity index (χ2v) is 6.18. The van der Waals surface area contributed by atoms with Gasteiger partial charge in [-0.2, -0.15) is 0 Å². The molecule has 1 N–H and O–H groups in total. The second-order valence-electron chi connectivity index (χ2n) is 3.72. The van der Waals surface area contributed by atoms with Crippen LogP contribution >= 0.6 is 27.3 Å². The maximum absolute atomic E-state index is 10.2. The van der Waals surface area contributed by atoms with Crippen molar-refractivity contribution in [2.24, 2.45) is 5.92 Å². The first-order chi connectivity index (χ1) is 6.16. The molecule has 0 bridgehead atoms. The zero-order chi connectivity index (χ0) is 9.47. The SMILES string of the molecule is CCCC1CC1(O)c1ccc(Br)s1. The van der Waals surface area contributed by atoms with Crippen LogP contribution in [-0.2, 0) is 5.60 Å². The molecule has 2 unspecified atom stereocenters. The van der Waals surface area contributed by atoms with Crippen LogP contribution in [0.15, 0.2) is 15.9 Å². The summed E-state index contributed by atoms with van der Waals surface area (Å²) in [6, 6.07) is 4.05. The van der Waals surface area contributed by atoms with E-state index in [-0.39, 0.29) is 0 Å². The summed E-state index contributed by atoms with van der Waals surface area (Å²) in [6.45, 7) is 2.17. The number of thiophene rings is 1. The highest BCUT2D eigenvalue weighted by Crippen LogP contribution is 2.56. The van der Waals surface area contributed by atoms with Crippen LogP contribution in [0.5, 0.6) is 0 Å². The van der Waals surface area contributed by atoms with Crippen molar-refractivity contribution in [1.29, 1.82) is 0 Å². The summed E-state index contributed by atoms with van der Waals surface area (Å²) in [6.07, 6.45) is 3.26. The lowest BCUT2D eigenvalue weighted by atomic mass is 10.1. The van der Waals surface area contributed by atoms with E-state index in [1.54, 1.807) is 11.3 Å². The molecule has 2 atom stereocenters. The first kappa shape index (κ1) is 9.69. The van der Waals surface area contributed by atoms with Gasteiger partial charge in [0.25, 0.3) is 0 Å². The minimum atomic E-state index is -0.479. The van der Waals surface area contributed by atoms with Crippen LogP contribution in [0.3, 0.4) is 0 Å². The maximum Gasteiger partial charge on any atom is 0.102 e. The number of hydrogen-bond donors (Lipinski definition) is 1. The van der Waals surface area contributed by atoms with Crippen LogP contribution in [0, 0.1) is 5.92 Å². The van der Waals surface area contributed by atoms with Crippen molar-refractivity contribution in [3.8, 4) is 0 Å². The third kappa shape index (κ3) is 1.69. The highest BCUT2D eigenvalue weighted by molar-refractivity contribution is 9.11. The van der Waals surface area contributed by atoms with Gasteiger partial charge < -0.3 is 5.11 Å². The molecule has 0 aliphatic heterocycles. The van der Waals surface area contributed by atoms with E-state index < -0.39 is 5.60 Å². The highest BCUT2D eigenvalue weighted by Gasteiger charge is 2.54. The summed E-state index contributed by atoms with van der Waals surface area (Å²) >= 11 is 5.07. The zero-order valence-corrected chi connectivity index (χ0v) is 9.99. The first-order valence-corrected chi connectivity index (χ1v) is 6.26. The van der Waals surface area contributed by atoms with E-state index in [2.05, 4.69) is 22.9 Å². The number of rotatable bonds is 3. The average Bonchev–Trinajstić information content (AvgIpc) is 2.57. The largest absolute Gasteiger partial charge is 0.384 e. The van der Waals surface area contributed by atoms with Crippen molar-refractivity contribution in [1.82, 2.24) is 0 Å². The molecular formula is C10H13BrOS. The van der Waals surface area contributed by atoms with Gasteiger partial charge >= 0.3 is 0 Å². The predicted molar refractivity (Wildman–Crippen MR) is 58.9 cm³/mol. The Bertz CT molecular complexity index is 310. The molecule has 0 spiro atoms. The first-order valence-electron chi connectivity index (χ1n) is 4.65. The molecule has 1 aliphatic carbocycles. The Kier molecular flexibility index (Phi) is 2.51. The quantitative estimate of drug-likeness (QED) is 0.882. The molecule has 1 aliphatic rings. The molecule has 72 valence electrons. The summed E-state index contributed by atoms with van der Waals surface area (Å²) in [7, 11) is 0. The van der Waals surface area contributed by atoms with Gasteiger partial charge in [0.2, 0.25) is 0 Å². The third-order valence-electron chi connectivity index (χ3n) is 2.71. The van der Waals surface area contributed by atoms with E-state index >= 15 is 0 Å². The van der Waals surface area contributed by atoms with E-state index in [0.29, 0.717) is 5.92 Å². The smallest absolute Gasteiger partial charge is 0.102 e. The van der Waals surface area contributed by atoms with Gasteiger partial charge in [-0.3, -0.25) is 0 Å². The van der Waals surface area contributed by atoms with Crippen LogP contribution in [0.4, 0.5) is 0 Å². The molecule has 0 amide bonds.